The third-order valence-electron chi connectivity index (χ3n) is 3.91. The van der Waals surface area contributed by atoms with Crippen LogP contribution in [-0.2, 0) is 20.0 Å². The smallest absolute Gasteiger partial charge is 0.0739 e. The maximum Gasteiger partial charge on any atom is 0.0739 e. The van der Waals surface area contributed by atoms with Gasteiger partial charge in [-0.25, -0.2) is 0 Å². The fraction of sp³-hybridized carbons (Fsp3) is 0.400. The molecule has 19 heavy (non-hydrogen) atoms. The van der Waals surface area contributed by atoms with Crippen molar-refractivity contribution in [3.8, 4) is 0 Å². The van der Waals surface area contributed by atoms with E-state index in [0.717, 1.165) is 23.3 Å². The highest BCUT2D eigenvalue weighted by atomic mass is 79.9. The first kappa shape index (κ1) is 12.9. The molecule has 1 aromatic heterocycles. The van der Waals surface area contributed by atoms with Crippen molar-refractivity contribution in [2.75, 3.05) is 6.54 Å². The van der Waals surface area contributed by atoms with Crippen molar-refractivity contribution in [1.82, 2.24) is 15.1 Å². The molecular formula is C15H18BrN3. The van der Waals surface area contributed by atoms with Gasteiger partial charge >= 0.3 is 0 Å². The number of hydrogen-bond acceptors (Lipinski definition) is 2. The van der Waals surface area contributed by atoms with Crippen molar-refractivity contribution in [3.05, 3.63) is 51.3 Å². The number of nitrogens with zero attached hydrogens (tertiary/aromatic N) is 2. The first-order valence-electron chi connectivity index (χ1n) is 6.63. The lowest BCUT2D eigenvalue weighted by molar-refractivity contribution is 0.523. The Hall–Kier alpha value is -1.13. The predicted molar refractivity (Wildman–Crippen MR) is 80.2 cm³/mol. The summed E-state index contributed by atoms with van der Waals surface area (Å²) >= 11 is 3.60. The van der Waals surface area contributed by atoms with E-state index >= 15 is 0 Å². The quantitative estimate of drug-likeness (QED) is 0.939. The number of fused-ring (bicyclic) bond motifs is 1. The maximum absolute atomic E-state index is 4.41. The number of rotatable bonds is 4. The van der Waals surface area contributed by atoms with Gasteiger partial charge in [-0.15, -0.1) is 0 Å². The second-order valence-corrected chi connectivity index (χ2v) is 5.99. The van der Waals surface area contributed by atoms with Gasteiger partial charge in [-0.1, -0.05) is 24.3 Å². The average Bonchev–Trinajstić information content (AvgIpc) is 2.61. The van der Waals surface area contributed by atoms with Crippen LogP contribution < -0.4 is 5.32 Å². The van der Waals surface area contributed by atoms with Crippen molar-refractivity contribution in [1.29, 1.82) is 0 Å². The molecule has 1 unspecified atom stereocenters. The van der Waals surface area contributed by atoms with Crippen molar-refractivity contribution >= 4 is 15.9 Å². The SMILES string of the molecule is Cc1nn(C)c(CNCC2Cc3ccccc32)c1Br. The zero-order valence-corrected chi connectivity index (χ0v) is 12.9. The molecule has 1 aliphatic rings. The molecule has 0 aliphatic heterocycles. The molecule has 3 rings (SSSR count). The Labute approximate surface area is 122 Å². The van der Waals surface area contributed by atoms with Gasteiger partial charge in [0, 0.05) is 26.1 Å². The van der Waals surface area contributed by atoms with Crippen LogP contribution in [0.3, 0.4) is 0 Å². The minimum Gasteiger partial charge on any atom is -0.311 e. The fourth-order valence-electron chi connectivity index (χ4n) is 2.78. The largest absolute Gasteiger partial charge is 0.311 e. The minimum absolute atomic E-state index is 0.671. The van der Waals surface area contributed by atoms with Gasteiger partial charge in [-0.2, -0.15) is 5.10 Å². The molecule has 1 N–H and O–H groups in total. The first-order chi connectivity index (χ1) is 9.16. The van der Waals surface area contributed by atoms with Crippen LogP contribution in [0.15, 0.2) is 28.7 Å². The summed E-state index contributed by atoms with van der Waals surface area (Å²) in [5.41, 5.74) is 5.28. The highest BCUT2D eigenvalue weighted by Gasteiger charge is 2.24. The van der Waals surface area contributed by atoms with Gasteiger partial charge in [0.1, 0.15) is 0 Å². The standard InChI is InChI=1S/C15H18BrN3/c1-10-15(16)14(19(2)18-10)9-17-8-12-7-11-5-3-4-6-13(11)12/h3-6,12,17H,7-9H2,1-2H3. The molecule has 2 aromatic rings. The zero-order chi connectivity index (χ0) is 13.4. The monoisotopic (exact) mass is 319 g/mol. The summed E-state index contributed by atoms with van der Waals surface area (Å²) in [7, 11) is 1.99. The van der Waals surface area contributed by atoms with Gasteiger partial charge in [-0.3, -0.25) is 4.68 Å². The molecule has 0 fully saturated rings. The van der Waals surface area contributed by atoms with E-state index in [9.17, 15) is 0 Å². The van der Waals surface area contributed by atoms with Gasteiger partial charge in [0.2, 0.25) is 0 Å². The molecular weight excluding hydrogens is 302 g/mol. The molecule has 0 saturated carbocycles. The minimum atomic E-state index is 0.671. The van der Waals surface area contributed by atoms with Crippen LogP contribution in [0.1, 0.15) is 28.4 Å². The molecule has 0 amide bonds. The molecule has 0 saturated heterocycles. The second-order valence-electron chi connectivity index (χ2n) is 5.20. The van der Waals surface area contributed by atoms with E-state index < -0.39 is 0 Å². The van der Waals surface area contributed by atoms with Crippen LogP contribution >= 0.6 is 15.9 Å². The lowest BCUT2D eigenvalue weighted by Gasteiger charge is -2.30. The van der Waals surface area contributed by atoms with Crippen LogP contribution in [0.25, 0.3) is 0 Å². The normalized spacial score (nSPS) is 17.1. The number of aromatic nitrogens is 2. The summed E-state index contributed by atoms with van der Waals surface area (Å²) in [6.07, 6.45) is 1.20. The molecule has 1 atom stereocenters. The average molecular weight is 320 g/mol. The van der Waals surface area contributed by atoms with E-state index in [0.29, 0.717) is 5.92 Å². The summed E-state index contributed by atoms with van der Waals surface area (Å²) in [6.45, 7) is 3.92. The Bertz CT molecular complexity index is 603. The van der Waals surface area contributed by atoms with Crippen LogP contribution in [0.2, 0.25) is 0 Å². The van der Waals surface area contributed by atoms with E-state index in [1.54, 1.807) is 0 Å². The summed E-state index contributed by atoms with van der Waals surface area (Å²) in [5.74, 6) is 0.671. The molecule has 0 radical (unpaired) electrons. The van der Waals surface area contributed by atoms with Crippen LogP contribution in [0.4, 0.5) is 0 Å². The molecule has 1 aromatic carbocycles. The zero-order valence-electron chi connectivity index (χ0n) is 11.3. The van der Waals surface area contributed by atoms with Gasteiger partial charge in [0.05, 0.1) is 15.9 Å². The number of nitrogens with one attached hydrogen (secondary N) is 1. The topological polar surface area (TPSA) is 29.9 Å². The van der Waals surface area contributed by atoms with E-state index in [2.05, 4.69) is 50.6 Å². The van der Waals surface area contributed by atoms with Gasteiger partial charge in [-0.05, 0) is 40.4 Å². The third kappa shape index (κ3) is 2.35. The van der Waals surface area contributed by atoms with Crippen LogP contribution in [-0.4, -0.2) is 16.3 Å². The summed E-state index contributed by atoms with van der Waals surface area (Å²) < 4.78 is 3.07. The molecule has 0 spiro atoms. The summed E-state index contributed by atoms with van der Waals surface area (Å²) in [5, 5.41) is 7.96. The lowest BCUT2D eigenvalue weighted by atomic mass is 9.77. The molecule has 0 bridgehead atoms. The highest BCUT2D eigenvalue weighted by molar-refractivity contribution is 9.10. The lowest BCUT2D eigenvalue weighted by Crippen LogP contribution is -2.29. The Morgan fingerprint density at radius 3 is 2.89 bits per heavy atom. The number of benzene rings is 1. The molecule has 3 nitrogen and oxygen atoms in total. The molecule has 1 heterocycles. The highest BCUT2D eigenvalue weighted by Crippen LogP contribution is 2.34. The van der Waals surface area contributed by atoms with Crippen molar-refractivity contribution in [3.63, 3.8) is 0 Å². The van der Waals surface area contributed by atoms with Crippen LogP contribution in [0.5, 0.6) is 0 Å². The maximum atomic E-state index is 4.41. The summed E-state index contributed by atoms with van der Waals surface area (Å²) in [4.78, 5) is 0. The Morgan fingerprint density at radius 2 is 2.21 bits per heavy atom. The van der Waals surface area contributed by atoms with Gasteiger partial charge in [0.15, 0.2) is 0 Å². The fourth-order valence-corrected chi connectivity index (χ4v) is 3.26. The molecule has 100 valence electrons. The summed E-state index contributed by atoms with van der Waals surface area (Å²) in [6, 6.07) is 8.73. The van der Waals surface area contributed by atoms with E-state index in [-0.39, 0.29) is 0 Å². The second kappa shape index (κ2) is 5.10. The molecule has 1 aliphatic carbocycles. The predicted octanol–water partition coefficient (Wildman–Crippen LogP) is 2.92. The Kier molecular flexibility index (Phi) is 3.46. The number of aryl methyl sites for hydroxylation is 2. The van der Waals surface area contributed by atoms with E-state index in [1.807, 2.05) is 18.7 Å². The Balaban J connectivity index is 1.58. The van der Waals surface area contributed by atoms with Crippen molar-refractivity contribution in [2.45, 2.75) is 25.8 Å². The molecule has 4 heteroatoms. The third-order valence-corrected chi connectivity index (χ3v) is 4.94. The van der Waals surface area contributed by atoms with Gasteiger partial charge < -0.3 is 5.32 Å². The van der Waals surface area contributed by atoms with Gasteiger partial charge in [0.25, 0.3) is 0 Å². The van der Waals surface area contributed by atoms with Crippen molar-refractivity contribution < 1.29 is 0 Å². The number of hydrogen-bond donors (Lipinski definition) is 1. The van der Waals surface area contributed by atoms with E-state index in [4.69, 9.17) is 0 Å². The first-order valence-corrected chi connectivity index (χ1v) is 7.42. The van der Waals surface area contributed by atoms with Crippen molar-refractivity contribution in [2.24, 2.45) is 7.05 Å². The number of halogens is 1. The van der Waals surface area contributed by atoms with Crippen LogP contribution in [0, 0.1) is 6.92 Å². The Morgan fingerprint density at radius 1 is 1.42 bits per heavy atom. The van der Waals surface area contributed by atoms with E-state index in [1.165, 1.54) is 23.2 Å².